The maximum absolute atomic E-state index is 12.6. The number of fused-ring (bicyclic) bond motifs is 1. The number of amides is 2. The van der Waals surface area contributed by atoms with Crippen LogP contribution in [0.25, 0.3) is 0 Å². The number of aliphatic hydroxyl groups is 1. The summed E-state index contributed by atoms with van der Waals surface area (Å²) >= 11 is 0. The maximum atomic E-state index is 12.6. The average Bonchev–Trinajstić information content (AvgIpc) is 3.14. The summed E-state index contributed by atoms with van der Waals surface area (Å²) in [6, 6.07) is 8.53. The Morgan fingerprint density at radius 1 is 1.29 bits per heavy atom. The molecule has 1 aromatic rings. The fourth-order valence-electron chi connectivity index (χ4n) is 3.36. The number of rotatable bonds is 4. The molecule has 0 aromatic heterocycles. The van der Waals surface area contributed by atoms with Gasteiger partial charge in [-0.15, -0.1) is 0 Å². The van der Waals surface area contributed by atoms with E-state index in [1.54, 1.807) is 4.90 Å². The number of nitrogens with zero attached hydrogens (tertiary/aromatic N) is 1. The van der Waals surface area contributed by atoms with Crippen LogP contribution in [0.2, 0.25) is 0 Å². The van der Waals surface area contributed by atoms with Crippen LogP contribution in [-0.2, 0) is 6.42 Å². The van der Waals surface area contributed by atoms with Gasteiger partial charge in [0.15, 0.2) is 0 Å². The van der Waals surface area contributed by atoms with E-state index in [2.05, 4.69) is 29.6 Å². The first-order valence-corrected chi connectivity index (χ1v) is 7.70. The number of hydrogen-bond donors (Lipinski definition) is 2. The van der Waals surface area contributed by atoms with Gasteiger partial charge in [-0.3, -0.25) is 0 Å². The van der Waals surface area contributed by atoms with Crippen LogP contribution in [0.1, 0.15) is 36.4 Å². The molecule has 0 spiro atoms. The van der Waals surface area contributed by atoms with Crippen molar-refractivity contribution in [3.63, 3.8) is 0 Å². The van der Waals surface area contributed by atoms with Crippen molar-refractivity contribution in [1.29, 1.82) is 0 Å². The van der Waals surface area contributed by atoms with Crippen molar-refractivity contribution in [2.45, 2.75) is 37.8 Å². The van der Waals surface area contributed by atoms with Crippen LogP contribution >= 0.6 is 0 Å². The first kappa shape index (κ1) is 14.1. The van der Waals surface area contributed by atoms with E-state index in [9.17, 15) is 9.90 Å². The molecule has 1 aromatic carbocycles. The second-order valence-corrected chi connectivity index (χ2v) is 5.76. The SMILES string of the molecule is O=C(NC1CC=CC1)N(CCO)C1CCc2ccccc21. The molecular weight excluding hydrogens is 264 g/mol. The molecule has 2 aliphatic rings. The van der Waals surface area contributed by atoms with Gasteiger partial charge in [0, 0.05) is 12.6 Å². The van der Waals surface area contributed by atoms with Crippen LogP contribution in [0, 0.1) is 0 Å². The zero-order chi connectivity index (χ0) is 14.7. The van der Waals surface area contributed by atoms with Gasteiger partial charge in [0.1, 0.15) is 0 Å². The van der Waals surface area contributed by atoms with Gasteiger partial charge in [-0.25, -0.2) is 4.79 Å². The summed E-state index contributed by atoms with van der Waals surface area (Å²) in [5.41, 5.74) is 2.55. The van der Waals surface area contributed by atoms with Gasteiger partial charge in [0.05, 0.1) is 12.6 Å². The van der Waals surface area contributed by atoms with Gasteiger partial charge in [-0.2, -0.15) is 0 Å². The fourth-order valence-corrected chi connectivity index (χ4v) is 3.36. The normalized spacial score (nSPS) is 20.5. The molecule has 0 heterocycles. The number of carbonyl (C=O) groups is 1. The monoisotopic (exact) mass is 286 g/mol. The zero-order valence-electron chi connectivity index (χ0n) is 12.2. The quantitative estimate of drug-likeness (QED) is 0.835. The van der Waals surface area contributed by atoms with Crippen molar-refractivity contribution in [2.75, 3.05) is 13.2 Å². The molecule has 4 nitrogen and oxygen atoms in total. The molecule has 0 aliphatic heterocycles. The molecule has 2 amide bonds. The third-order valence-corrected chi connectivity index (χ3v) is 4.41. The molecule has 2 N–H and O–H groups in total. The van der Waals surface area contributed by atoms with Crippen molar-refractivity contribution in [1.82, 2.24) is 10.2 Å². The van der Waals surface area contributed by atoms with E-state index in [4.69, 9.17) is 0 Å². The summed E-state index contributed by atoms with van der Waals surface area (Å²) in [6.07, 6.45) is 7.95. The standard InChI is InChI=1S/C17H22N2O2/c20-12-11-19(17(21)18-14-6-2-3-7-14)16-10-9-13-5-1-4-8-15(13)16/h1-5,8,14,16,20H,6-7,9-12H2,(H,18,21). The lowest BCUT2D eigenvalue weighted by atomic mass is 10.1. The van der Waals surface area contributed by atoms with Gasteiger partial charge in [-0.1, -0.05) is 36.4 Å². The van der Waals surface area contributed by atoms with E-state index in [1.807, 2.05) is 12.1 Å². The summed E-state index contributed by atoms with van der Waals surface area (Å²) in [4.78, 5) is 14.4. The molecule has 0 saturated heterocycles. The third-order valence-electron chi connectivity index (χ3n) is 4.41. The molecule has 2 aliphatic carbocycles. The highest BCUT2D eigenvalue weighted by atomic mass is 16.3. The Morgan fingerprint density at radius 2 is 2.05 bits per heavy atom. The molecule has 21 heavy (non-hydrogen) atoms. The minimum Gasteiger partial charge on any atom is -0.395 e. The Balaban J connectivity index is 1.73. The number of hydrogen-bond acceptors (Lipinski definition) is 2. The fraction of sp³-hybridized carbons (Fsp3) is 0.471. The summed E-state index contributed by atoms with van der Waals surface area (Å²) in [6.45, 7) is 0.375. The Bertz CT molecular complexity index is 533. The number of carbonyl (C=O) groups excluding carboxylic acids is 1. The molecule has 1 atom stereocenters. The van der Waals surface area contributed by atoms with E-state index in [0.29, 0.717) is 6.54 Å². The lowest BCUT2D eigenvalue weighted by Gasteiger charge is -2.30. The molecule has 0 bridgehead atoms. The van der Waals surface area contributed by atoms with E-state index < -0.39 is 0 Å². The minimum absolute atomic E-state index is 0.00496. The second kappa shape index (κ2) is 6.31. The predicted octanol–water partition coefficient (Wildman–Crippen LogP) is 2.40. The number of nitrogens with one attached hydrogen (secondary N) is 1. The topological polar surface area (TPSA) is 52.6 Å². The van der Waals surface area contributed by atoms with E-state index >= 15 is 0 Å². The largest absolute Gasteiger partial charge is 0.395 e. The molecular formula is C17H22N2O2. The number of benzene rings is 1. The van der Waals surface area contributed by atoms with Gasteiger partial charge in [0.2, 0.25) is 0 Å². The molecule has 3 rings (SSSR count). The first-order valence-electron chi connectivity index (χ1n) is 7.70. The highest BCUT2D eigenvalue weighted by molar-refractivity contribution is 5.75. The lowest BCUT2D eigenvalue weighted by Crippen LogP contribution is -2.46. The lowest BCUT2D eigenvalue weighted by molar-refractivity contribution is 0.149. The number of aliphatic hydroxyl groups excluding tert-OH is 1. The van der Waals surface area contributed by atoms with Crippen molar-refractivity contribution in [2.24, 2.45) is 0 Å². The van der Waals surface area contributed by atoms with E-state index in [1.165, 1.54) is 11.1 Å². The van der Waals surface area contributed by atoms with Crippen molar-refractivity contribution in [3.8, 4) is 0 Å². The summed E-state index contributed by atoms with van der Waals surface area (Å²) in [5, 5.41) is 12.4. The van der Waals surface area contributed by atoms with Gasteiger partial charge in [-0.05, 0) is 36.8 Å². The van der Waals surface area contributed by atoms with Crippen LogP contribution in [0.5, 0.6) is 0 Å². The molecule has 0 fully saturated rings. The summed E-state index contributed by atoms with van der Waals surface area (Å²) in [7, 11) is 0. The molecule has 0 saturated carbocycles. The predicted molar refractivity (Wildman–Crippen MR) is 82.0 cm³/mol. The molecule has 4 heteroatoms. The molecule has 112 valence electrons. The van der Waals surface area contributed by atoms with Crippen molar-refractivity contribution in [3.05, 3.63) is 47.5 Å². The Labute approximate surface area is 125 Å². The van der Waals surface area contributed by atoms with Crippen LogP contribution in [0.4, 0.5) is 4.79 Å². The first-order chi connectivity index (χ1) is 10.3. The van der Waals surface area contributed by atoms with Crippen LogP contribution < -0.4 is 5.32 Å². The smallest absolute Gasteiger partial charge is 0.318 e. The Kier molecular flexibility index (Phi) is 4.25. The van der Waals surface area contributed by atoms with Gasteiger partial charge < -0.3 is 15.3 Å². The van der Waals surface area contributed by atoms with Crippen LogP contribution in [-0.4, -0.2) is 35.2 Å². The molecule has 0 radical (unpaired) electrons. The highest BCUT2D eigenvalue weighted by Gasteiger charge is 2.31. The summed E-state index contributed by atoms with van der Waals surface area (Å²) in [5.74, 6) is 0. The van der Waals surface area contributed by atoms with Crippen molar-refractivity contribution < 1.29 is 9.90 Å². The minimum atomic E-state index is -0.0561. The third kappa shape index (κ3) is 2.95. The number of urea groups is 1. The zero-order valence-corrected chi connectivity index (χ0v) is 12.2. The van der Waals surface area contributed by atoms with Gasteiger partial charge in [0.25, 0.3) is 0 Å². The Hall–Kier alpha value is -1.81. The number of aryl methyl sites for hydroxylation is 1. The molecule has 1 unspecified atom stereocenters. The van der Waals surface area contributed by atoms with E-state index in [-0.39, 0.29) is 24.7 Å². The van der Waals surface area contributed by atoms with Crippen molar-refractivity contribution >= 4 is 6.03 Å². The maximum Gasteiger partial charge on any atom is 0.318 e. The van der Waals surface area contributed by atoms with Crippen LogP contribution in [0.15, 0.2) is 36.4 Å². The van der Waals surface area contributed by atoms with Gasteiger partial charge >= 0.3 is 6.03 Å². The van der Waals surface area contributed by atoms with Crippen LogP contribution in [0.3, 0.4) is 0 Å². The Morgan fingerprint density at radius 3 is 2.81 bits per heavy atom. The highest BCUT2D eigenvalue weighted by Crippen LogP contribution is 2.35. The van der Waals surface area contributed by atoms with E-state index in [0.717, 1.165) is 25.7 Å². The average molecular weight is 286 g/mol. The second-order valence-electron chi connectivity index (χ2n) is 5.76. The summed E-state index contributed by atoms with van der Waals surface area (Å²) < 4.78 is 0.